The Bertz CT molecular complexity index is 1190. The van der Waals surface area contributed by atoms with Gasteiger partial charge in [-0.15, -0.1) is 4.40 Å². The Morgan fingerprint density at radius 1 is 1.03 bits per heavy atom. The van der Waals surface area contributed by atoms with Crippen LogP contribution in [-0.2, 0) is 19.6 Å². The van der Waals surface area contributed by atoms with Crippen molar-refractivity contribution in [3.63, 3.8) is 0 Å². The van der Waals surface area contributed by atoms with Gasteiger partial charge in [0.05, 0.1) is 18.0 Å². The second-order valence-electron chi connectivity index (χ2n) is 6.10. The number of fused-ring (bicyclic) bond motifs is 1. The van der Waals surface area contributed by atoms with Gasteiger partial charge in [0.1, 0.15) is 10.5 Å². The van der Waals surface area contributed by atoms with Gasteiger partial charge in [0.25, 0.3) is 10.0 Å². The predicted octanol–water partition coefficient (Wildman–Crippen LogP) is 3.57. The summed E-state index contributed by atoms with van der Waals surface area (Å²) < 4.78 is 74.7. The highest BCUT2D eigenvalue weighted by molar-refractivity contribution is 7.90. The van der Waals surface area contributed by atoms with Gasteiger partial charge in [-0.05, 0) is 38.1 Å². The second-order valence-corrected chi connectivity index (χ2v) is 7.68. The highest BCUT2D eigenvalue weighted by Gasteiger charge is 2.30. The van der Waals surface area contributed by atoms with Crippen LogP contribution in [0, 0.1) is 17.5 Å². The number of rotatable bonds is 4. The SMILES string of the molecule is CCOC(=O)C1=C(C)Nc2ccccc2NC1=NS(=O)(=O)c1ccc(F)c(F)c1F. The van der Waals surface area contributed by atoms with Crippen molar-refractivity contribution in [2.45, 2.75) is 18.7 Å². The van der Waals surface area contributed by atoms with Crippen molar-refractivity contribution in [1.82, 2.24) is 0 Å². The van der Waals surface area contributed by atoms with Crippen LogP contribution in [0.4, 0.5) is 24.5 Å². The molecule has 11 heteroatoms. The van der Waals surface area contributed by atoms with Crippen molar-refractivity contribution < 1.29 is 31.1 Å². The standard InChI is InChI=1S/C19H16F3N3O4S/c1-3-29-19(26)15-10(2)23-12-6-4-5-7-13(12)24-18(15)25-30(27,28)14-9-8-11(20)16(21)17(14)22/h4-9,23H,3H2,1-2H3,(H,24,25). The zero-order chi connectivity index (χ0) is 22.1. The minimum atomic E-state index is -4.88. The fourth-order valence-electron chi connectivity index (χ4n) is 2.73. The maximum absolute atomic E-state index is 14.1. The molecule has 0 fully saturated rings. The summed E-state index contributed by atoms with van der Waals surface area (Å²) in [5.41, 5.74) is 0.847. The van der Waals surface area contributed by atoms with Crippen LogP contribution >= 0.6 is 0 Å². The molecular formula is C19H16F3N3O4S. The Hall–Kier alpha value is -3.34. The topological polar surface area (TPSA) is 96.9 Å². The number of nitrogens with zero attached hydrogens (tertiary/aromatic N) is 1. The molecule has 0 saturated carbocycles. The average molecular weight is 439 g/mol. The van der Waals surface area contributed by atoms with E-state index in [0.29, 0.717) is 23.5 Å². The van der Waals surface area contributed by atoms with E-state index in [0.717, 1.165) is 0 Å². The first-order chi connectivity index (χ1) is 14.2. The van der Waals surface area contributed by atoms with E-state index in [-0.39, 0.29) is 17.9 Å². The Morgan fingerprint density at radius 3 is 2.30 bits per heavy atom. The van der Waals surface area contributed by atoms with Crippen molar-refractivity contribution >= 4 is 33.2 Å². The van der Waals surface area contributed by atoms with Crippen molar-refractivity contribution in [3.8, 4) is 0 Å². The molecule has 0 saturated heterocycles. The van der Waals surface area contributed by atoms with E-state index in [1.54, 1.807) is 31.2 Å². The normalized spacial score (nSPS) is 15.2. The van der Waals surface area contributed by atoms with E-state index in [2.05, 4.69) is 15.0 Å². The Labute approximate surface area is 170 Å². The van der Waals surface area contributed by atoms with Crippen LogP contribution in [0.3, 0.4) is 0 Å². The molecule has 30 heavy (non-hydrogen) atoms. The number of halogens is 3. The smallest absolute Gasteiger partial charge is 0.343 e. The first-order valence-corrected chi connectivity index (χ1v) is 10.1. The summed E-state index contributed by atoms with van der Waals surface area (Å²) in [6, 6.07) is 7.64. The number of allylic oxidation sites excluding steroid dienone is 1. The van der Waals surface area contributed by atoms with Gasteiger partial charge in [-0.2, -0.15) is 8.42 Å². The quantitative estimate of drug-likeness (QED) is 0.559. The molecule has 0 atom stereocenters. The molecule has 3 rings (SSSR count). The molecule has 0 bridgehead atoms. The summed E-state index contributed by atoms with van der Waals surface area (Å²) in [6.45, 7) is 3.06. The molecule has 2 aromatic rings. The summed E-state index contributed by atoms with van der Waals surface area (Å²) in [5, 5.41) is 5.66. The molecule has 1 aliphatic heterocycles. The number of hydrogen-bond donors (Lipinski definition) is 2. The fraction of sp³-hybridized carbons (Fsp3) is 0.158. The van der Waals surface area contributed by atoms with Crippen LogP contribution in [-0.4, -0.2) is 26.8 Å². The number of carbonyl (C=O) groups excluding carboxylic acids is 1. The molecule has 0 radical (unpaired) electrons. The van der Waals surface area contributed by atoms with Gasteiger partial charge in [0.15, 0.2) is 23.3 Å². The maximum atomic E-state index is 14.1. The molecular weight excluding hydrogens is 423 g/mol. The van der Waals surface area contributed by atoms with E-state index in [4.69, 9.17) is 4.74 Å². The van der Waals surface area contributed by atoms with Gasteiger partial charge in [-0.25, -0.2) is 18.0 Å². The number of anilines is 2. The van der Waals surface area contributed by atoms with Crippen LogP contribution in [0.5, 0.6) is 0 Å². The molecule has 0 spiro atoms. The number of benzene rings is 2. The number of ether oxygens (including phenoxy) is 1. The predicted molar refractivity (Wildman–Crippen MR) is 104 cm³/mol. The molecule has 1 heterocycles. The molecule has 0 unspecified atom stereocenters. The van der Waals surface area contributed by atoms with Crippen molar-refractivity contribution in [2.75, 3.05) is 17.2 Å². The number of carbonyl (C=O) groups is 1. The third-order valence-electron chi connectivity index (χ3n) is 4.08. The van der Waals surface area contributed by atoms with Crippen LogP contribution in [0.15, 0.2) is 57.0 Å². The van der Waals surface area contributed by atoms with E-state index < -0.39 is 44.2 Å². The largest absolute Gasteiger partial charge is 0.462 e. The third kappa shape index (κ3) is 4.01. The van der Waals surface area contributed by atoms with Crippen LogP contribution in [0.25, 0.3) is 0 Å². The second kappa shape index (κ2) is 8.19. The monoisotopic (exact) mass is 439 g/mol. The van der Waals surface area contributed by atoms with Gasteiger partial charge >= 0.3 is 5.97 Å². The average Bonchev–Trinajstić information content (AvgIpc) is 2.80. The van der Waals surface area contributed by atoms with E-state index >= 15 is 0 Å². The minimum absolute atomic E-state index is 0.000390. The summed E-state index contributed by atoms with van der Waals surface area (Å²) in [4.78, 5) is 11.3. The lowest BCUT2D eigenvalue weighted by Gasteiger charge is -2.12. The van der Waals surface area contributed by atoms with Crippen LogP contribution in [0.2, 0.25) is 0 Å². The maximum Gasteiger partial charge on any atom is 0.343 e. The molecule has 0 aliphatic carbocycles. The first-order valence-electron chi connectivity index (χ1n) is 8.65. The van der Waals surface area contributed by atoms with E-state index in [1.165, 1.54) is 6.92 Å². The number of esters is 1. The molecule has 7 nitrogen and oxygen atoms in total. The van der Waals surface area contributed by atoms with Crippen molar-refractivity contribution in [2.24, 2.45) is 4.40 Å². The summed E-state index contributed by atoms with van der Waals surface area (Å²) in [6.07, 6.45) is 0. The van der Waals surface area contributed by atoms with Gasteiger partial charge in [0.2, 0.25) is 0 Å². The highest BCUT2D eigenvalue weighted by Crippen LogP contribution is 2.29. The highest BCUT2D eigenvalue weighted by atomic mass is 32.2. The Balaban J connectivity index is 2.21. The van der Waals surface area contributed by atoms with Gasteiger partial charge < -0.3 is 15.4 Å². The molecule has 0 amide bonds. The van der Waals surface area contributed by atoms with Crippen molar-refractivity contribution in [3.05, 3.63) is 65.1 Å². The fourth-order valence-corrected chi connectivity index (χ4v) is 3.76. The minimum Gasteiger partial charge on any atom is -0.462 e. The summed E-state index contributed by atoms with van der Waals surface area (Å²) in [5.74, 6) is -6.76. The summed E-state index contributed by atoms with van der Waals surface area (Å²) in [7, 11) is -4.88. The zero-order valence-corrected chi connectivity index (χ0v) is 16.6. The lowest BCUT2D eigenvalue weighted by Crippen LogP contribution is -2.25. The lowest BCUT2D eigenvalue weighted by atomic mass is 10.2. The number of nitrogens with one attached hydrogen (secondary N) is 2. The van der Waals surface area contributed by atoms with Gasteiger partial charge in [-0.1, -0.05) is 12.1 Å². The number of amidine groups is 1. The van der Waals surface area contributed by atoms with Gasteiger partial charge in [-0.3, -0.25) is 0 Å². The van der Waals surface area contributed by atoms with E-state index in [1.807, 2.05) is 0 Å². The third-order valence-corrected chi connectivity index (χ3v) is 5.38. The number of para-hydroxylation sites is 2. The summed E-state index contributed by atoms with van der Waals surface area (Å²) >= 11 is 0. The Morgan fingerprint density at radius 2 is 1.67 bits per heavy atom. The molecule has 0 aromatic heterocycles. The van der Waals surface area contributed by atoms with Crippen LogP contribution in [0.1, 0.15) is 13.8 Å². The number of sulfonamides is 1. The van der Waals surface area contributed by atoms with Crippen LogP contribution < -0.4 is 10.6 Å². The molecule has 1 aliphatic rings. The molecule has 2 N–H and O–H groups in total. The molecule has 158 valence electrons. The Kier molecular flexibility index (Phi) is 5.83. The van der Waals surface area contributed by atoms with E-state index in [9.17, 15) is 26.4 Å². The van der Waals surface area contributed by atoms with Crippen molar-refractivity contribution in [1.29, 1.82) is 0 Å². The number of hydrogen-bond acceptors (Lipinski definition) is 5. The molecule has 2 aromatic carbocycles. The lowest BCUT2D eigenvalue weighted by molar-refractivity contribution is -0.137. The first kappa shape index (κ1) is 21.4. The van der Waals surface area contributed by atoms with Gasteiger partial charge in [0, 0.05) is 5.70 Å². The zero-order valence-electron chi connectivity index (χ0n) is 15.8.